The number of hydrogen-bond acceptors (Lipinski definition) is 4. The fraction of sp³-hybridized carbons (Fsp3) is 0.0952. The van der Waals surface area contributed by atoms with Crippen LogP contribution in [0.4, 0.5) is 11.4 Å². The lowest BCUT2D eigenvalue weighted by molar-refractivity contribution is -0.114. The molecule has 0 aliphatic carbocycles. The first-order valence-corrected chi connectivity index (χ1v) is 12.2. The van der Waals surface area contributed by atoms with Crippen molar-refractivity contribution in [2.75, 3.05) is 22.4 Å². The van der Waals surface area contributed by atoms with Gasteiger partial charge in [-0.15, -0.1) is 11.8 Å². The number of nitrogens with zero attached hydrogens (tertiary/aromatic N) is 1. The fourth-order valence-electron chi connectivity index (χ4n) is 2.79. The van der Waals surface area contributed by atoms with Gasteiger partial charge in [0.2, 0.25) is 5.91 Å². The second-order valence-corrected chi connectivity index (χ2v) is 9.78. The van der Waals surface area contributed by atoms with Crippen molar-refractivity contribution in [3.8, 4) is 0 Å². The Balaban J connectivity index is 1.98. The largest absolute Gasteiger partial charge is 0.323 e. The Morgan fingerprint density at radius 2 is 1.57 bits per heavy atom. The van der Waals surface area contributed by atoms with E-state index in [4.69, 9.17) is 23.2 Å². The van der Waals surface area contributed by atoms with E-state index in [2.05, 4.69) is 5.32 Å². The third kappa shape index (κ3) is 5.29. The molecule has 0 spiro atoms. The van der Waals surface area contributed by atoms with Gasteiger partial charge in [0.1, 0.15) is 6.54 Å². The molecule has 1 N–H and O–H groups in total. The molecule has 1 amide bonds. The maximum absolute atomic E-state index is 13.3. The second kappa shape index (κ2) is 9.75. The molecule has 0 aromatic heterocycles. The summed E-state index contributed by atoms with van der Waals surface area (Å²) in [5.74, 6) is -0.493. The van der Waals surface area contributed by atoms with Crippen molar-refractivity contribution in [2.45, 2.75) is 9.79 Å². The molecule has 0 radical (unpaired) electrons. The number of halogens is 2. The molecule has 30 heavy (non-hydrogen) atoms. The van der Waals surface area contributed by atoms with Gasteiger partial charge in [0.05, 0.1) is 16.3 Å². The summed E-state index contributed by atoms with van der Waals surface area (Å²) >= 11 is 13.7. The second-order valence-electron chi connectivity index (χ2n) is 6.20. The number of sulfonamides is 1. The topological polar surface area (TPSA) is 66.5 Å². The number of hydrogen-bond donors (Lipinski definition) is 1. The summed E-state index contributed by atoms with van der Waals surface area (Å²) < 4.78 is 27.6. The molecular formula is C21H18Cl2N2O3S2. The van der Waals surface area contributed by atoms with Crippen molar-refractivity contribution < 1.29 is 13.2 Å². The first-order chi connectivity index (χ1) is 14.3. The monoisotopic (exact) mass is 480 g/mol. The highest BCUT2D eigenvalue weighted by Crippen LogP contribution is 2.30. The maximum Gasteiger partial charge on any atom is 0.264 e. The van der Waals surface area contributed by atoms with Gasteiger partial charge in [-0.2, -0.15) is 0 Å². The van der Waals surface area contributed by atoms with Crippen molar-refractivity contribution >= 4 is 62.3 Å². The van der Waals surface area contributed by atoms with E-state index < -0.39 is 22.5 Å². The predicted octanol–water partition coefficient (Wildman–Crippen LogP) is 5.55. The third-order valence-corrected chi connectivity index (χ3v) is 7.16. The van der Waals surface area contributed by atoms with Gasteiger partial charge in [-0.05, 0) is 48.7 Å². The molecule has 0 unspecified atom stereocenters. The summed E-state index contributed by atoms with van der Waals surface area (Å²) in [6.07, 6.45) is 1.89. The van der Waals surface area contributed by atoms with E-state index in [0.717, 1.165) is 9.20 Å². The molecule has 156 valence electrons. The number of thioether (sulfide) groups is 1. The Bertz CT molecular complexity index is 1140. The van der Waals surface area contributed by atoms with Crippen molar-refractivity contribution in [1.82, 2.24) is 0 Å². The zero-order chi connectivity index (χ0) is 21.7. The Morgan fingerprint density at radius 1 is 0.967 bits per heavy atom. The summed E-state index contributed by atoms with van der Waals surface area (Å²) in [5, 5.41) is 3.31. The lowest BCUT2D eigenvalue weighted by Crippen LogP contribution is -2.38. The minimum atomic E-state index is -4.04. The van der Waals surface area contributed by atoms with Gasteiger partial charge in [-0.25, -0.2) is 8.42 Å². The molecule has 0 bridgehead atoms. The first-order valence-electron chi connectivity index (χ1n) is 8.78. The van der Waals surface area contributed by atoms with Crippen LogP contribution in [-0.4, -0.2) is 27.1 Å². The number of anilines is 2. The smallest absolute Gasteiger partial charge is 0.264 e. The number of carbonyl (C=O) groups is 1. The maximum atomic E-state index is 13.3. The predicted molar refractivity (Wildman–Crippen MR) is 124 cm³/mol. The minimum Gasteiger partial charge on any atom is -0.323 e. The Morgan fingerprint density at radius 3 is 2.20 bits per heavy atom. The summed E-state index contributed by atoms with van der Waals surface area (Å²) in [6.45, 7) is -0.448. The number of rotatable bonds is 7. The van der Waals surface area contributed by atoms with Crippen molar-refractivity contribution in [2.24, 2.45) is 0 Å². The molecule has 0 heterocycles. The highest BCUT2D eigenvalue weighted by atomic mass is 35.5. The average Bonchev–Trinajstić information content (AvgIpc) is 2.72. The first kappa shape index (κ1) is 22.5. The Kier molecular flexibility index (Phi) is 7.31. The van der Waals surface area contributed by atoms with E-state index in [1.165, 1.54) is 42.1 Å². The van der Waals surface area contributed by atoms with Gasteiger partial charge in [0.25, 0.3) is 10.0 Å². The van der Waals surface area contributed by atoms with E-state index in [-0.39, 0.29) is 20.6 Å². The van der Waals surface area contributed by atoms with Crippen LogP contribution in [0, 0.1) is 0 Å². The highest BCUT2D eigenvalue weighted by Gasteiger charge is 2.28. The van der Waals surface area contributed by atoms with E-state index in [0.29, 0.717) is 5.69 Å². The van der Waals surface area contributed by atoms with Crippen LogP contribution in [0.5, 0.6) is 0 Å². The van der Waals surface area contributed by atoms with Crippen molar-refractivity contribution in [3.63, 3.8) is 0 Å². The summed E-state index contributed by atoms with van der Waals surface area (Å²) in [6, 6.07) is 19.6. The normalized spacial score (nSPS) is 11.2. The lowest BCUT2D eigenvalue weighted by atomic mass is 10.3. The molecule has 0 fully saturated rings. The van der Waals surface area contributed by atoms with E-state index in [1.54, 1.807) is 30.3 Å². The molecule has 3 rings (SSSR count). The molecule has 3 aromatic rings. The van der Waals surface area contributed by atoms with Crippen LogP contribution in [0.25, 0.3) is 0 Å². The Hall–Kier alpha value is -2.19. The summed E-state index contributed by atoms with van der Waals surface area (Å²) in [5.41, 5.74) is 0.806. The molecule has 0 saturated heterocycles. The van der Waals surface area contributed by atoms with Gasteiger partial charge < -0.3 is 5.32 Å². The number of amides is 1. The van der Waals surface area contributed by atoms with Crippen LogP contribution in [0.1, 0.15) is 0 Å². The van der Waals surface area contributed by atoms with E-state index >= 15 is 0 Å². The minimum absolute atomic E-state index is 0.0541. The molecule has 9 heteroatoms. The molecule has 0 aliphatic rings. The fourth-order valence-corrected chi connectivity index (χ4v) is 5.28. The van der Waals surface area contributed by atoms with Crippen LogP contribution in [0.3, 0.4) is 0 Å². The number of para-hydroxylation sites is 1. The lowest BCUT2D eigenvalue weighted by Gasteiger charge is -2.24. The molecule has 0 saturated carbocycles. The van der Waals surface area contributed by atoms with Crippen LogP contribution in [-0.2, 0) is 14.8 Å². The molecular weight excluding hydrogens is 463 g/mol. The third-order valence-electron chi connectivity index (χ3n) is 4.13. The number of carbonyl (C=O) groups excluding carboxylic acids is 1. The van der Waals surface area contributed by atoms with Gasteiger partial charge >= 0.3 is 0 Å². The standard InChI is InChI=1S/C21H18Cl2N2O3S2/c1-29-20-10-6-5-9-19(20)24-21(26)14-25(17-12-15(22)11-16(23)13-17)30(27,28)18-7-3-2-4-8-18/h2-13H,14H2,1H3,(H,24,26). The van der Waals surface area contributed by atoms with E-state index in [1.807, 2.05) is 18.4 Å². The summed E-state index contributed by atoms with van der Waals surface area (Å²) in [4.78, 5) is 13.7. The summed E-state index contributed by atoms with van der Waals surface area (Å²) in [7, 11) is -4.04. The van der Waals surface area contributed by atoms with Crippen LogP contribution < -0.4 is 9.62 Å². The molecule has 5 nitrogen and oxygen atoms in total. The number of benzene rings is 3. The Labute approximate surface area is 190 Å². The van der Waals surface area contributed by atoms with Crippen LogP contribution in [0.2, 0.25) is 10.0 Å². The molecule has 3 aromatic carbocycles. The zero-order valence-electron chi connectivity index (χ0n) is 15.9. The van der Waals surface area contributed by atoms with Crippen LogP contribution >= 0.6 is 35.0 Å². The van der Waals surface area contributed by atoms with Gasteiger partial charge in [-0.3, -0.25) is 9.10 Å². The van der Waals surface area contributed by atoms with Gasteiger partial charge in [-0.1, -0.05) is 53.5 Å². The highest BCUT2D eigenvalue weighted by molar-refractivity contribution is 7.98. The molecule has 0 aliphatic heterocycles. The molecule has 0 atom stereocenters. The van der Waals surface area contributed by atoms with Gasteiger partial charge in [0.15, 0.2) is 0 Å². The van der Waals surface area contributed by atoms with Crippen molar-refractivity contribution in [1.29, 1.82) is 0 Å². The van der Waals surface area contributed by atoms with Crippen LogP contribution in [0.15, 0.2) is 82.6 Å². The zero-order valence-corrected chi connectivity index (χ0v) is 19.0. The number of nitrogens with one attached hydrogen (secondary N) is 1. The van der Waals surface area contributed by atoms with Gasteiger partial charge in [0, 0.05) is 14.9 Å². The van der Waals surface area contributed by atoms with Crippen molar-refractivity contribution in [3.05, 3.63) is 82.8 Å². The average molecular weight is 481 g/mol. The SMILES string of the molecule is CSc1ccccc1NC(=O)CN(c1cc(Cl)cc(Cl)c1)S(=O)(=O)c1ccccc1. The van der Waals surface area contributed by atoms with E-state index in [9.17, 15) is 13.2 Å². The quantitative estimate of drug-likeness (QED) is 0.450.